The Balaban J connectivity index is 2.28. The Morgan fingerprint density at radius 2 is 1.95 bits per heavy atom. The molecule has 4 nitrogen and oxygen atoms in total. The summed E-state index contributed by atoms with van der Waals surface area (Å²) < 4.78 is 13.3. The average molecular weight is 260 g/mol. The Morgan fingerprint density at radius 3 is 2.68 bits per heavy atom. The highest BCUT2D eigenvalue weighted by atomic mass is 19.1. The molecule has 2 aromatic rings. The number of benzene rings is 2. The second-order valence-corrected chi connectivity index (χ2v) is 3.97. The normalized spacial score (nSPS) is 10.2. The lowest BCUT2D eigenvalue weighted by Crippen LogP contribution is -2.15. The molecular weight excluding hydrogens is 247 g/mol. The molecule has 0 unspecified atom stereocenters. The molecule has 0 heterocycles. The van der Waals surface area contributed by atoms with Gasteiger partial charge in [0.2, 0.25) is 0 Å². The molecule has 0 saturated carbocycles. The van der Waals surface area contributed by atoms with Crippen LogP contribution >= 0.6 is 0 Å². The first-order valence-corrected chi connectivity index (χ1v) is 5.67. The number of nitrogens with two attached hydrogens (primary N) is 1. The van der Waals surface area contributed by atoms with Gasteiger partial charge in [-0.2, -0.15) is 0 Å². The third kappa shape index (κ3) is 2.71. The Morgan fingerprint density at radius 1 is 1.21 bits per heavy atom. The van der Waals surface area contributed by atoms with E-state index in [1.54, 1.807) is 24.3 Å². The lowest BCUT2D eigenvalue weighted by molar-refractivity contribution is 0.102. The number of hydrogen-bond acceptors (Lipinski definition) is 3. The van der Waals surface area contributed by atoms with Gasteiger partial charge in [-0.1, -0.05) is 24.3 Å². The van der Waals surface area contributed by atoms with Crippen LogP contribution in [0.4, 0.5) is 15.8 Å². The summed E-state index contributed by atoms with van der Waals surface area (Å²) in [5, 5.41) is 11.8. The van der Waals surface area contributed by atoms with Crippen LogP contribution in [0, 0.1) is 5.82 Å². The molecule has 5 heteroatoms. The first-order valence-electron chi connectivity index (χ1n) is 5.67. The van der Waals surface area contributed by atoms with Gasteiger partial charge in [0.25, 0.3) is 5.91 Å². The number of aliphatic hydroxyl groups is 1. The van der Waals surface area contributed by atoms with Gasteiger partial charge >= 0.3 is 0 Å². The van der Waals surface area contributed by atoms with E-state index < -0.39 is 11.7 Å². The van der Waals surface area contributed by atoms with Crippen molar-refractivity contribution in [1.82, 2.24) is 0 Å². The zero-order chi connectivity index (χ0) is 13.8. The number of aliphatic hydroxyl groups excluding tert-OH is 1. The third-order valence-electron chi connectivity index (χ3n) is 2.73. The second-order valence-electron chi connectivity index (χ2n) is 3.97. The van der Waals surface area contributed by atoms with Gasteiger partial charge in [-0.05, 0) is 18.2 Å². The largest absolute Gasteiger partial charge is 0.396 e. The van der Waals surface area contributed by atoms with Crippen molar-refractivity contribution in [3.63, 3.8) is 0 Å². The van der Waals surface area contributed by atoms with Crippen molar-refractivity contribution in [2.75, 3.05) is 11.1 Å². The summed E-state index contributed by atoms with van der Waals surface area (Å²) >= 11 is 0. The Bertz CT molecular complexity index is 614. The molecule has 4 N–H and O–H groups in total. The van der Waals surface area contributed by atoms with E-state index in [4.69, 9.17) is 10.8 Å². The molecule has 0 radical (unpaired) electrons. The van der Waals surface area contributed by atoms with Crippen molar-refractivity contribution in [1.29, 1.82) is 0 Å². The zero-order valence-corrected chi connectivity index (χ0v) is 10.1. The number of carbonyl (C=O) groups excluding carboxylic acids is 1. The number of rotatable bonds is 3. The Kier molecular flexibility index (Phi) is 3.77. The van der Waals surface area contributed by atoms with Crippen molar-refractivity contribution in [3.05, 3.63) is 59.4 Å². The molecule has 0 atom stereocenters. The third-order valence-corrected chi connectivity index (χ3v) is 2.73. The van der Waals surface area contributed by atoms with Crippen LogP contribution in [-0.2, 0) is 6.61 Å². The van der Waals surface area contributed by atoms with Crippen molar-refractivity contribution in [2.45, 2.75) is 6.61 Å². The minimum Gasteiger partial charge on any atom is -0.396 e. The molecule has 0 aliphatic rings. The summed E-state index contributed by atoms with van der Waals surface area (Å²) in [6.45, 7) is -0.199. The quantitative estimate of drug-likeness (QED) is 0.740. The molecule has 1 amide bonds. The zero-order valence-electron chi connectivity index (χ0n) is 10.1. The van der Waals surface area contributed by atoms with Crippen molar-refractivity contribution in [3.8, 4) is 0 Å². The summed E-state index contributed by atoms with van der Waals surface area (Å²) in [6, 6.07) is 10.9. The average Bonchev–Trinajstić information content (AvgIpc) is 2.42. The molecule has 0 bridgehead atoms. The molecule has 0 aliphatic carbocycles. The van der Waals surface area contributed by atoms with Gasteiger partial charge in [0, 0.05) is 11.3 Å². The van der Waals surface area contributed by atoms with Crippen LogP contribution in [0.3, 0.4) is 0 Å². The molecule has 98 valence electrons. The Labute approximate surface area is 109 Å². The van der Waals surface area contributed by atoms with Crippen molar-refractivity contribution in [2.24, 2.45) is 0 Å². The number of nitrogen functional groups attached to an aromatic ring is 1. The predicted molar refractivity (Wildman–Crippen MR) is 71.1 cm³/mol. The molecule has 2 rings (SSSR count). The molecule has 0 saturated heterocycles. The van der Waals surface area contributed by atoms with Gasteiger partial charge in [0.15, 0.2) is 0 Å². The highest BCUT2D eigenvalue weighted by Gasteiger charge is 2.13. The number of halogens is 1. The number of anilines is 2. The number of nitrogens with one attached hydrogen (secondary N) is 1. The molecule has 0 spiro atoms. The molecule has 2 aromatic carbocycles. The SMILES string of the molecule is Nc1c(F)cccc1C(=O)Nc1ccccc1CO. The number of carbonyl (C=O) groups is 1. The minimum atomic E-state index is -0.636. The van der Waals surface area contributed by atoms with E-state index in [1.807, 2.05) is 0 Å². The number of para-hydroxylation sites is 2. The van der Waals surface area contributed by atoms with Crippen LogP contribution in [0.1, 0.15) is 15.9 Å². The summed E-state index contributed by atoms with van der Waals surface area (Å²) in [5.41, 5.74) is 6.44. The van der Waals surface area contributed by atoms with Gasteiger partial charge < -0.3 is 16.2 Å². The van der Waals surface area contributed by atoms with Crippen LogP contribution in [0.2, 0.25) is 0 Å². The first-order chi connectivity index (χ1) is 9.13. The summed E-state index contributed by atoms with van der Waals surface area (Å²) in [7, 11) is 0. The molecular formula is C14H13FN2O2. The van der Waals surface area contributed by atoms with E-state index >= 15 is 0 Å². The van der Waals surface area contributed by atoms with Gasteiger partial charge in [-0.25, -0.2) is 4.39 Å². The van der Waals surface area contributed by atoms with E-state index in [2.05, 4.69) is 5.32 Å². The topological polar surface area (TPSA) is 75.4 Å². The monoisotopic (exact) mass is 260 g/mol. The smallest absolute Gasteiger partial charge is 0.257 e. The van der Waals surface area contributed by atoms with Gasteiger partial charge in [0.05, 0.1) is 17.9 Å². The van der Waals surface area contributed by atoms with Crippen LogP contribution in [0.15, 0.2) is 42.5 Å². The van der Waals surface area contributed by atoms with Crippen molar-refractivity contribution < 1.29 is 14.3 Å². The second kappa shape index (κ2) is 5.49. The number of hydrogen-bond donors (Lipinski definition) is 3. The summed E-state index contributed by atoms with van der Waals surface area (Å²) in [4.78, 5) is 12.0. The van der Waals surface area contributed by atoms with Gasteiger partial charge in [-0.15, -0.1) is 0 Å². The Hall–Kier alpha value is -2.40. The maximum absolute atomic E-state index is 13.3. The highest BCUT2D eigenvalue weighted by molar-refractivity contribution is 6.08. The minimum absolute atomic E-state index is 0.0627. The maximum Gasteiger partial charge on any atom is 0.257 e. The van der Waals surface area contributed by atoms with E-state index in [9.17, 15) is 9.18 Å². The van der Waals surface area contributed by atoms with E-state index in [0.29, 0.717) is 11.3 Å². The molecule has 19 heavy (non-hydrogen) atoms. The van der Waals surface area contributed by atoms with E-state index in [1.165, 1.54) is 18.2 Å². The summed E-state index contributed by atoms with van der Waals surface area (Å²) in [5.74, 6) is -1.15. The fraction of sp³-hybridized carbons (Fsp3) is 0.0714. The standard InChI is InChI=1S/C14H13FN2O2/c15-11-6-3-5-10(13(11)16)14(19)17-12-7-2-1-4-9(12)8-18/h1-7,18H,8,16H2,(H,17,19). The van der Waals surface area contributed by atoms with Crippen molar-refractivity contribution >= 4 is 17.3 Å². The molecule has 0 aromatic heterocycles. The molecule has 0 fully saturated rings. The fourth-order valence-electron chi connectivity index (χ4n) is 1.70. The van der Waals surface area contributed by atoms with Gasteiger partial charge in [-0.3, -0.25) is 4.79 Å². The van der Waals surface area contributed by atoms with E-state index in [-0.39, 0.29) is 17.9 Å². The predicted octanol–water partition coefficient (Wildman–Crippen LogP) is 2.15. The fourth-order valence-corrected chi connectivity index (χ4v) is 1.70. The van der Waals surface area contributed by atoms with Crippen LogP contribution in [0.5, 0.6) is 0 Å². The number of amides is 1. The summed E-state index contributed by atoms with van der Waals surface area (Å²) in [6.07, 6.45) is 0. The van der Waals surface area contributed by atoms with Gasteiger partial charge in [0.1, 0.15) is 5.82 Å². The van der Waals surface area contributed by atoms with Crippen LogP contribution < -0.4 is 11.1 Å². The first kappa shape index (κ1) is 13.0. The van der Waals surface area contributed by atoms with Crippen LogP contribution in [-0.4, -0.2) is 11.0 Å². The lowest BCUT2D eigenvalue weighted by Gasteiger charge is -2.10. The lowest BCUT2D eigenvalue weighted by atomic mass is 10.1. The maximum atomic E-state index is 13.3. The highest BCUT2D eigenvalue weighted by Crippen LogP contribution is 2.20. The van der Waals surface area contributed by atoms with Crippen LogP contribution in [0.25, 0.3) is 0 Å². The van der Waals surface area contributed by atoms with E-state index in [0.717, 1.165) is 0 Å². The molecule has 0 aliphatic heterocycles.